The van der Waals surface area contributed by atoms with Crippen molar-refractivity contribution in [3.63, 3.8) is 0 Å². The van der Waals surface area contributed by atoms with Crippen molar-refractivity contribution in [2.75, 3.05) is 25.0 Å². The van der Waals surface area contributed by atoms with Gasteiger partial charge in [0.2, 0.25) is 5.60 Å². The van der Waals surface area contributed by atoms with E-state index in [1.165, 1.54) is 18.2 Å². The quantitative estimate of drug-likeness (QED) is 0.821. The fourth-order valence-electron chi connectivity index (χ4n) is 3.20. The Kier molecular flexibility index (Phi) is 4.90. The van der Waals surface area contributed by atoms with Crippen LogP contribution < -0.4 is 5.32 Å². The number of urea groups is 1. The fraction of sp³-hybridized carbons (Fsp3) is 0.588. The van der Waals surface area contributed by atoms with Crippen LogP contribution in [0.4, 0.5) is 23.7 Å². The molecule has 1 atom stereocenters. The van der Waals surface area contributed by atoms with Gasteiger partial charge in [-0.25, -0.2) is 4.79 Å². The number of benzene rings is 1. The van der Waals surface area contributed by atoms with Crippen LogP contribution in [-0.4, -0.2) is 36.8 Å². The van der Waals surface area contributed by atoms with Gasteiger partial charge in [-0.05, 0) is 43.9 Å². The highest BCUT2D eigenvalue weighted by atomic mass is 35.5. The van der Waals surface area contributed by atoms with Crippen molar-refractivity contribution < 1.29 is 22.7 Å². The van der Waals surface area contributed by atoms with E-state index in [2.05, 4.69) is 5.32 Å². The van der Waals surface area contributed by atoms with Gasteiger partial charge in [-0.2, -0.15) is 13.2 Å². The Morgan fingerprint density at radius 3 is 2.68 bits per heavy atom. The lowest BCUT2D eigenvalue weighted by atomic mass is 9.85. The molecule has 0 bridgehead atoms. The molecule has 0 spiro atoms. The molecular formula is C17H20ClF3N2O2. The molecule has 1 aliphatic heterocycles. The SMILES string of the molecule is CCN1C[C@](OCC2CCC2)(C(F)(F)F)c2cc(Cl)ccc2NC1=O. The molecular weight excluding hydrogens is 357 g/mol. The van der Waals surface area contributed by atoms with Gasteiger partial charge >= 0.3 is 12.2 Å². The van der Waals surface area contributed by atoms with E-state index >= 15 is 0 Å². The summed E-state index contributed by atoms with van der Waals surface area (Å²) < 4.78 is 48.4. The van der Waals surface area contributed by atoms with Gasteiger partial charge in [0.1, 0.15) is 0 Å². The summed E-state index contributed by atoms with van der Waals surface area (Å²) in [5.74, 6) is 0.129. The van der Waals surface area contributed by atoms with E-state index in [9.17, 15) is 18.0 Å². The number of rotatable bonds is 4. The van der Waals surface area contributed by atoms with Crippen molar-refractivity contribution in [1.29, 1.82) is 0 Å². The first kappa shape index (κ1) is 18.3. The molecule has 25 heavy (non-hydrogen) atoms. The molecule has 0 aromatic heterocycles. The van der Waals surface area contributed by atoms with E-state index in [0.29, 0.717) is 0 Å². The standard InChI is InChI=1S/C17H20ClF3N2O2/c1-2-23-10-16(17(19,20)21,25-9-11-4-3-5-11)13-8-12(18)6-7-14(13)22-15(23)24/h6-8,11H,2-5,9-10H2,1H3,(H,22,24)/t16-/m1/s1. The van der Waals surface area contributed by atoms with Crippen LogP contribution in [0.1, 0.15) is 31.7 Å². The summed E-state index contributed by atoms with van der Waals surface area (Å²) in [6, 6.07) is 3.51. The predicted octanol–water partition coefficient (Wildman–Crippen LogP) is 4.78. The summed E-state index contributed by atoms with van der Waals surface area (Å²) in [4.78, 5) is 13.4. The number of carbonyl (C=O) groups excluding carboxylic acids is 1. The van der Waals surface area contributed by atoms with Crippen molar-refractivity contribution >= 4 is 23.3 Å². The Hall–Kier alpha value is -1.47. The van der Waals surface area contributed by atoms with Gasteiger partial charge in [0.25, 0.3) is 0 Å². The van der Waals surface area contributed by atoms with Gasteiger partial charge in [0.05, 0.1) is 13.2 Å². The minimum atomic E-state index is -4.70. The third kappa shape index (κ3) is 3.31. The first-order valence-corrected chi connectivity index (χ1v) is 8.71. The van der Waals surface area contributed by atoms with Gasteiger partial charge in [-0.3, -0.25) is 0 Å². The number of halogens is 4. The van der Waals surface area contributed by atoms with Crippen LogP contribution >= 0.6 is 11.6 Å². The number of likely N-dealkylation sites (N-methyl/N-ethyl adjacent to an activating group) is 1. The molecule has 1 saturated carbocycles. The number of ether oxygens (including phenoxy) is 1. The molecule has 1 N–H and O–H groups in total. The monoisotopic (exact) mass is 376 g/mol. The Balaban J connectivity index is 2.10. The normalized spacial score (nSPS) is 24.4. The summed E-state index contributed by atoms with van der Waals surface area (Å²) in [5, 5.41) is 2.71. The minimum Gasteiger partial charge on any atom is -0.359 e. The third-order valence-corrected chi connectivity index (χ3v) is 5.22. The van der Waals surface area contributed by atoms with Gasteiger partial charge < -0.3 is 15.0 Å². The van der Waals surface area contributed by atoms with Crippen LogP contribution in [0.5, 0.6) is 0 Å². The molecule has 8 heteroatoms. The number of anilines is 1. The highest BCUT2D eigenvalue weighted by Crippen LogP contribution is 2.48. The maximum atomic E-state index is 14.3. The second-order valence-corrected chi connectivity index (χ2v) is 7.00. The number of carbonyl (C=O) groups is 1. The average Bonchev–Trinajstić information content (AvgIpc) is 2.60. The lowest BCUT2D eigenvalue weighted by Crippen LogP contribution is -2.53. The second-order valence-electron chi connectivity index (χ2n) is 6.57. The second kappa shape index (κ2) is 6.68. The lowest BCUT2D eigenvalue weighted by molar-refractivity contribution is -0.291. The summed E-state index contributed by atoms with van der Waals surface area (Å²) in [6.07, 6.45) is -1.96. The van der Waals surface area contributed by atoms with E-state index < -0.39 is 24.4 Å². The summed E-state index contributed by atoms with van der Waals surface area (Å²) in [5.41, 5.74) is -2.66. The molecule has 2 amide bonds. The molecule has 0 saturated heterocycles. The van der Waals surface area contributed by atoms with Crippen LogP contribution in [0.25, 0.3) is 0 Å². The van der Waals surface area contributed by atoms with Crippen LogP contribution in [-0.2, 0) is 10.3 Å². The number of nitrogens with zero attached hydrogens (tertiary/aromatic N) is 1. The number of hydrogen-bond donors (Lipinski definition) is 1. The highest BCUT2D eigenvalue weighted by Gasteiger charge is 2.60. The first-order valence-electron chi connectivity index (χ1n) is 8.33. The Labute approximate surface area is 149 Å². The predicted molar refractivity (Wildman–Crippen MR) is 88.7 cm³/mol. The van der Waals surface area contributed by atoms with E-state index in [0.717, 1.165) is 24.2 Å². The van der Waals surface area contributed by atoms with Crippen molar-refractivity contribution in [3.8, 4) is 0 Å². The van der Waals surface area contributed by atoms with Crippen molar-refractivity contribution in [2.45, 2.75) is 38.0 Å². The molecule has 0 radical (unpaired) electrons. The van der Waals surface area contributed by atoms with Crippen molar-refractivity contribution in [1.82, 2.24) is 4.90 Å². The zero-order chi connectivity index (χ0) is 18.2. The molecule has 3 rings (SSSR count). The molecule has 0 unspecified atom stereocenters. The van der Waals surface area contributed by atoms with Gasteiger partial charge in [-0.15, -0.1) is 0 Å². The molecule has 1 aromatic rings. The molecule has 138 valence electrons. The van der Waals surface area contributed by atoms with Crippen molar-refractivity contribution in [3.05, 3.63) is 28.8 Å². The van der Waals surface area contributed by atoms with Gasteiger partial charge in [-0.1, -0.05) is 18.0 Å². The number of hydrogen-bond acceptors (Lipinski definition) is 2. The zero-order valence-electron chi connectivity index (χ0n) is 13.8. The van der Waals surface area contributed by atoms with Crippen LogP contribution in [0.3, 0.4) is 0 Å². The fourth-order valence-corrected chi connectivity index (χ4v) is 3.37. The Morgan fingerprint density at radius 1 is 1.40 bits per heavy atom. The van der Waals surface area contributed by atoms with E-state index in [1.54, 1.807) is 6.92 Å². The molecule has 2 aliphatic rings. The maximum absolute atomic E-state index is 14.3. The number of nitrogens with one attached hydrogen (secondary N) is 1. The molecule has 1 fully saturated rings. The van der Waals surface area contributed by atoms with Crippen molar-refractivity contribution in [2.24, 2.45) is 5.92 Å². The largest absolute Gasteiger partial charge is 0.423 e. The minimum absolute atomic E-state index is 0.0111. The van der Waals surface area contributed by atoms with E-state index in [4.69, 9.17) is 16.3 Å². The topological polar surface area (TPSA) is 41.6 Å². The van der Waals surface area contributed by atoms with Crippen LogP contribution in [0.15, 0.2) is 18.2 Å². The smallest absolute Gasteiger partial charge is 0.359 e. The van der Waals surface area contributed by atoms with Gasteiger partial charge in [0.15, 0.2) is 0 Å². The summed E-state index contributed by atoms with van der Waals surface area (Å²) in [6.45, 7) is 1.18. The summed E-state index contributed by atoms with van der Waals surface area (Å²) in [7, 11) is 0. The van der Waals surface area contributed by atoms with E-state index in [1.807, 2.05) is 0 Å². The zero-order valence-corrected chi connectivity index (χ0v) is 14.6. The third-order valence-electron chi connectivity index (χ3n) is 4.99. The highest BCUT2D eigenvalue weighted by molar-refractivity contribution is 6.30. The molecule has 1 heterocycles. The Bertz CT molecular complexity index is 664. The molecule has 1 aromatic carbocycles. The van der Waals surface area contributed by atoms with Crippen LogP contribution in [0, 0.1) is 5.92 Å². The average molecular weight is 377 g/mol. The van der Waals surface area contributed by atoms with E-state index in [-0.39, 0.29) is 35.3 Å². The number of amides is 2. The summed E-state index contributed by atoms with van der Waals surface area (Å²) >= 11 is 5.97. The number of fused-ring (bicyclic) bond motifs is 1. The van der Waals surface area contributed by atoms with Gasteiger partial charge in [0, 0.05) is 22.8 Å². The lowest BCUT2D eigenvalue weighted by Gasteiger charge is -2.40. The maximum Gasteiger partial charge on any atom is 0.423 e. The van der Waals surface area contributed by atoms with Crippen LogP contribution in [0.2, 0.25) is 5.02 Å². The Morgan fingerprint density at radius 2 is 2.12 bits per heavy atom. The number of alkyl halides is 3. The molecule has 1 aliphatic carbocycles. The first-order chi connectivity index (χ1) is 11.8. The molecule has 4 nitrogen and oxygen atoms in total.